The van der Waals surface area contributed by atoms with E-state index in [0.29, 0.717) is 0 Å². The van der Waals surface area contributed by atoms with Crippen LogP contribution in [0.25, 0.3) is 0 Å². The normalized spacial score (nSPS) is 26.4. The Kier molecular flexibility index (Phi) is 6.22. The second kappa shape index (κ2) is 7.20. The van der Waals surface area contributed by atoms with Gasteiger partial charge in [0, 0.05) is 19.8 Å². The van der Waals surface area contributed by atoms with Gasteiger partial charge in [-0.1, -0.05) is 6.42 Å². The number of ether oxygens (including phenoxy) is 1. The second-order valence-corrected chi connectivity index (χ2v) is 4.67. The Hall–Kier alpha value is -0.120. The summed E-state index contributed by atoms with van der Waals surface area (Å²) in [5, 5.41) is 0. The molecule has 1 aliphatic rings. The number of unbranched alkanes of at least 4 members (excludes halogenated alkanes) is 1. The summed E-state index contributed by atoms with van der Waals surface area (Å²) in [6.07, 6.45) is 6.42. The van der Waals surface area contributed by atoms with Crippen LogP contribution in [0.2, 0.25) is 0 Å². The summed E-state index contributed by atoms with van der Waals surface area (Å²) in [6.45, 7) is 2.93. The van der Waals surface area contributed by atoms with E-state index in [1.54, 1.807) is 7.11 Å². The van der Waals surface area contributed by atoms with E-state index in [1.165, 1.54) is 38.6 Å². The van der Waals surface area contributed by atoms with Crippen molar-refractivity contribution in [1.29, 1.82) is 0 Å². The van der Waals surface area contributed by atoms with Crippen molar-refractivity contribution in [2.45, 2.75) is 38.1 Å². The van der Waals surface area contributed by atoms with Crippen molar-refractivity contribution in [3.63, 3.8) is 0 Å². The van der Waals surface area contributed by atoms with E-state index in [-0.39, 0.29) is 0 Å². The molecule has 1 fully saturated rings. The van der Waals surface area contributed by atoms with Gasteiger partial charge in [0.25, 0.3) is 0 Å². The van der Waals surface area contributed by atoms with Crippen LogP contribution >= 0.6 is 0 Å². The quantitative estimate of drug-likeness (QED) is 0.652. The zero-order valence-electron chi connectivity index (χ0n) is 10.2. The van der Waals surface area contributed by atoms with Crippen LogP contribution in [-0.2, 0) is 4.74 Å². The maximum atomic E-state index is 5.79. The molecule has 0 amide bonds. The van der Waals surface area contributed by atoms with Gasteiger partial charge in [-0.3, -0.25) is 0 Å². The minimum atomic E-state index is 0.734. The molecule has 0 aromatic heterocycles. The van der Waals surface area contributed by atoms with E-state index >= 15 is 0 Å². The Morgan fingerprint density at radius 2 is 2.13 bits per heavy atom. The van der Waals surface area contributed by atoms with Gasteiger partial charge in [-0.2, -0.15) is 0 Å². The van der Waals surface area contributed by atoms with Crippen molar-refractivity contribution >= 4 is 0 Å². The number of hydrogen-bond donors (Lipinski definition) is 1. The highest BCUT2D eigenvalue weighted by Gasteiger charge is 2.28. The van der Waals surface area contributed by atoms with Gasteiger partial charge in [0.05, 0.1) is 0 Å². The standard InChI is InChI=1S/C12H26N2O/c1-14(8-3-4-9-15-2)12-7-5-6-11(12)10-13/h11-12H,3-10,13H2,1-2H3. The Labute approximate surface area is 94.0 Å². The number of rotatable bonds is 7. The summed E-state index contributed by atoms with van der Waals surface area (Å²) in [4.78, 5) is 2.50. The van der Waals surface area contributed by atoms with Gasteiger partial charge >= 0.3 is 0 Å². The SMILES string of the molecule is COCCCCN(C)C1CCCC1CN. The molecule has 2 N–H and O–H groups in total. The largest absolute Gasteiger partial charge is 0.385 e. The summed E-state index contributed by atoms with van der Waals surface area (Å²) in [5.41, 5.74) is 5.79. The van der Waals surface area contributed by atoms with E-state index < -0.39 is 0 Å². The second-order valence-electron chi connectivity index (χ2n) is 4.67. The van der Waals surface area contributed by atoms with Crippen molar-refractivity contribution in [1.82, 2.24) is 4.90 Å². The third kappa shape index (κ3) is 4.09. The van der Waals surface area contributed by atoms with Gasteiger partial charge < -0.3 is 15.4 Å². The molecule has 2 unspecified atom stereocenters. The number of hydrogen-bond acceptors (Lipinski definition) is 3. The van der Waals surface area contributed by atoms with Crippen molar-refractivity contribution in [3.8, 4) is 0 Å². The Morgan fingerprint density at radius 1 is 1.33 bits per heavy atom. The highest BCUT2D eigenvalue weighted by atomic mass is 16.5. The molecule has 0 heterocycles. The fourth-order valence-corrected chi connectivity index (χ4v) is 2.65. The van der Waals surface area contributed by atoms with Crippen molar-refractivity contribution in [3.05, 3.63) is 0 Å². The molecule has 0 spiro atoms. The van der Waals surface area contributed by atoms with E-state index in [2.05, 4.69) is 11.9 Å². The van der Waals surface area contributed by atoms with Crippen LogP contribution in [-0.4, -0.2) is 44.8 Å². The molecular formula is C12H26N2O. The maximum absolute atomic E-state index is 5.79. The summed E-state index contributed by atoms with van der Waals surface area (Å²) in [6, 6.07) is 0.734. The van der Waals surface area contributed by atoms with Crippen LogP contribution in [0.1, 0.15) is 32.1 Å². The first-order valence-corrected chi connectivity index (χ1v) is 6.18. The molecule has 1 rings (SSSR count). The summed E-state index contributed by atoms with van der Waals surface area (Å²) in [5.74, 6) is 0.734. The zero-order chi connectivity index (χ0) is 11.1. The molecule has 0 bridgehead atoms. The fourth-order valence-electron chi connectivity index (χ4n) is 2.65. The maximum Gasteiger partial charge on any atom is 0.0462 e. The first-order valence-electron chi connectivity index (χ1n) is 6.18. The third-order valence-electron chi connectivity index (χ3n) is 3.60. The summed E-state index contributed by atoms with van der Waals surface area (Å²) < 4.78 is 5.05. The molecule has 3 nitrogen and oxygen atoms in total. The molecule has 2 atom stereocenters. The van der Waals surface area contributed by atoms with Gasteiger partial charge in [-0.25, -0.2) is 0 Å². The van der Waals surface area contributed by atoms with Gasteiger partial charge in [0.2, 0.25) is 0 Å². The van der Waals surface area contributed by atoms with Crippen LogP contribution in [0.5, 0.6) is 0 Å². The molecule has 3 heteroatoms. The van der Waals surface area contributed by atoms with Gasteiger partial charge in [-0.15, -0.1) is 0 Å². The van der Waals surface area contributed by atoms with E-state index in [9.17, 15) is 0 Å². The molecular weight excluding hydrogens is 188 g/mol. The highest BCUT2D eigenvalue weighted by Crippen LogP contribution is 2.28. The van der Waals surface area contributed by atoms with Gasteiger partial charge in [0.15, 0.2) is 0 Å². The van der Waals surface area contributed by atoms with Crippen LogP contribution in [0, 0.1) is 5.92 Å². The number of methoxy groups -OCH3 is 1. The van der Waals surface area contributed by atoms with E-state index in [4.69, 9.17) is 10.5 Å². The predicted molar refractivity (Wildman–Crippen MR) is 63.9 cm³/mol. The average Bonchev–Trinajstić information content (AvgIpc) is 2.72. The predicted octanol–water partition coefficient (Wildman–Crippen LogP) is 1.47. The van der Waals surface area contributed by atoms with Gasteiger partial charge in [-0.05, 0) is 51.7 Å². The number of nitrogens with zero attached hydrogens (tertiary/aromatic N) is 1. The zero-order valence-corrected chi connectivity index (χ0v) is 10.2. The lowest BCUT2D eigenvalue weighted by atomic mass is 10.0. The van der Waals surface area contributed by atoms with Crippen LogP contribution in [0.4, 0.5) is 0 Å². The highest BCUT2D eigenvalue weighted by molar-refractivity contribution is 4.84. The van der Waals surface area contributed by atoms with Crippen LogP contribution in [0.3, 0.4) is 0 Å². The first-order chi connectivity index (χ1) is 7.29. The molecule has 1 saturated carbocycles. The average molecular weight is 214 g/mol. The molecule has 0 aliphatic heterocycles. The topological polar surface area (TPSA) is 38.5 Å². The van der Waals surface area contributed by atoms with Crippen molar-refractivity contribution in [2.24, 2.45) is 11.7 Å². The van der Waals surface area contributed by atoms with Crippen LogP contribution in [0.15, 0.2) is 0 Å². The Morgan fingerprint density at radius 3 is 2.80 bits per heavy atom. The lowest BCUT2D eigenvalue weighted by molar-refractivity contribution is 0.169. The lowest BCUT2D eigenvalue weighted by Crippen LogP contribution is -2.38. The molecule has 0 aromatic rings. The van der Waals surface area contributed by atoms with Crippen molar-refractivity contribution in [2.75, 3.05) is 33.9 Å². The molecule has 0 saturated heterocycles. The minimum Gasteiger partial charge on any atom is -0.385 e. The van der Waals surface area contributed by atoms with Crippen LogP contribution < -0.4 is 5.73 Å². The summed E-state index contributed by atoms with van der Waals surface area (Å²) in [7, 11) is 4.01. The molecule has 0 radical (unpaired) electrons. The summed E-state index contributed by atoms with van der Waals surface area (Å²) >= 11 is 0. The molecule has 15 heavy (non-hydrogen) atoms. The van der Waals surface area contributed by atoms with Gasteiger partial charge in [0.1, 0.15) is 0 Å². The molecule has 90 valence electrons. The molecule has 0 aromatic carbocycles. The smallest absolute Gasteiger partial charge is 0.0462 e. The van der Waals surface area contributed by atoms with Crippen molar-refractivity contribution < 1.29 is 4.74 Å². The third-order valence-corrected chi connectivity index (χ3v) is 3.60. The minimum absolute atomic E-state index is 0.734. The van der Waals surface area contributed by atoms with E-state index in [1.807, 2.05) is 0 Å². The van der Waals surface area contributed by atoms with E-state index in [0.717, 1.165) is 25.1 Å². The number of nitrogens with two attached hydrogens (primary N) is 1. The monoisotopic (exact) mass is 214 g/mol. The first kappa shape index (κ1) is 12.9. The Balaban J connectivity index is 2.17. The molecule has 1 aliphatic carbocycles. The lowest BCUT2D eigenvalue weighted by Gasteiger charge is -2.29. The Bertz CT molecular complexity index is 164. The fraction of sp³-hybridized carbons (Fsp3) is 1.00.